The highest BCUT2D eigenvalue weighted by Crippen LogP contribution is 2.25. The fourth-order valence-corrected chi connectivity index (χ4v) is 3.40. The van der Waals surface area contributed by atoms with Crippen LogP contribution in [0.5, 0.6) is 0 Å². The highest BCUT2D eigenvalue weighted by molar-refractivity contribution is 7.99. The molecule has 0 spiro atoms. The zero-order chi connectivity index (χ0) is 18.5. The van der Waals surface area contributed by atoms with Gasteiger partial charge in [0.15, 0.2) is 0 Å². The lowest BCUT2D eigenvalue weighted by atomic mass is 10.2. The lowest BCUT2D eigenvalue weighted by Gasteiger charge is -2.20. The van der Waals surface area contributed by atoms with E-state index < -0.39 is 11.6 Å². The summed E-state index contributed by atoms with van der Waals surface area (Å²) < 4.78 is 31.6. The van der Waals surface area contributed by atoms with Crippen molar-refractivity contribution < 1.29 is 18.3 Å². The maximum atomic E-state index is 13.9. The Morgan fingerprint density at radius 1 is 1.42 bits per heavy atom. The number of methoxy groups -OCH3 is 1. The number of hydrogen-bond acceptors (Lipinski definition) is 7. The van der Waals surface area contributed by atoms with E-state index in [-0.39, 0.29) is 17.8 Å². The fourth-order valence-electron chi connectivity index (χ4n) is 2.72. The molecule has 0 aliphatic carbocycles. The van der Waals surface area contributed by atoms with Crippen LogP contribution in [0.1, 0.15) is 6.42 Å². The molecule has 1 aromatic heterocycles. The number of rotatable bonds is 6. The maximum absolute atomic E-state index is 13.9. The molecular formula is C17H18F2N4O2S. The van der Waals surface area contributed by atoms with Crippen LogP contribution in [-0.2, 0) is 9.53 Å². The van der Waals surface area contributed by atoms with Crippen LogP contribution < -0.4 is 10.2 Å². The zero-order valence-electron chi connectivity index (χ0n) is 14.1. The second kappa shape index (κ2) is 8.31. The predicted octanol–water partition coefficient (Wildman–Crippen LogP) is 2.71. The van der Waals surface area contributed by atoms with Crippen molar-refractivity contribution in [1.82, 2.24) is 9.97 Å². The molecule has 26 heavy (non-hydrogen) atoms. The van der Waals surface area contributed by atoms with Crippen molar-refractivity contribution in [2.75, 3.05) is 36.2 Å². The smallest absolute Gasteiger partial charge is 0.316 e. The molecule has 0 bridgehead atoms. The van der Waals surface area contributed by atoms with Gasteiger partial charge >= 0.3 is 5.97 Å². The Morgan fingerprint density at radius 3 is 3.04 bits per heavy atom. The topological polar surface area (TPSA) is 67.3 Å². The van der Waals surface area contributed by atoms with Crippen molar-refractivity contribution in [3.63, 3.8) is 0 Å². The molecule has 1 unspecified atom stereocenters. The van der Waals surface area contributed by atoms with Gasteiger partial charge in [-0.25, -0.2) is 13.8 Å². The summed E-state index contributed by atoms with van der Waals surface area (Å²) >= 11 is 1.24. The number of carbonyl (C=O) groups is 1. The van der Waals surface area contributed by atoms with E-state index in [1.54, 1.807) is 12.4 Å². The number of benzene rings is 1. The van der Waals surface area contributed by atoms with Gasteiger partial charge < -0.3 is 15.0 Å². The van der Waals surface area contributed by atoms with Crippen molar-refractivity contribution in [2.24, 2.45) is 0 Å². The van der Waals surface area contributed by atoms with Gasteiger partial charge in [-0.2, -0.15) is 0 Å². The van der Waals surface area contributed by atoms with Gasteiger partial charge in [0.05, 0.1) is 30.9 Å². The van der Waals surface area contributed by atoms with Crippen LogP contribution in [-0.4, -0.2) is 47.9 Å². The number of nitrogens with one attached hydrogen (secondary N) is 1. The van der Waals surface area contributed by atoms with Gasteiger partial charge in [-0.05, 0) is 18.6 Å². The lowest BCUT2D eigenvalue weighted by molar-refractivity contribution is -0.137. The second-order valence-corrected chi connectivity index (χ2v) is 6.77. The number of thioether (sulfide) groups is 1. The first kappa shape index (κ1) is 18.4. The Morgan fingerprint density at radius 2 is 2.27 bits per heavy atom. The molecule has 1 fully saturated rings. The SMILES string of the molecule is COC(=O)CSc1cncc(NC2CCN(c3ccc(F)cc3F)C2)n1. The van der Waals surface area contributed by atoms with Gasteiger partial charge in [-0.3, -0.25) is 9.78 Å². The van der Waals surface area contributed by atoms with Crippen molar-refractivity contribution in [3.8, 4) is 0 Å². The Labute approximate surface area is 154 Å². The molecule has 6 nitrogen and oxygen atoms in total. The molecule has 2 aromatic rings. The standard InChI is InChI=1S/C17H18F2N4O2S/c1-25-17(24)10-26-16-8-20-7-15(22-16)21-12-4-5-23(9-12)14-3-2-11(18)6-13(14)19/h2-3,6-8,12H,4-5,9-10H2,1H3,(H,21,22). The van der Waals surface area contributed by atoms with Crippen molar-refractivity contribution in [1.29, 1.82) is 0 Å². The lowest BCUT2D eigenvalue weighted by Crippen LogP contribution is -2.27. The Bertz CT molecular complexity index is 793. The second-order valence-electron chi connectivity index (χ2n) is 5.78. The number of hydrogen-bond donors (Lipinski definition) is 1. The molecule has 3 rings (SSSR count). The summed E-state index contributed by atoms with van der Waals surface area (Å²) in [5.41, 5.74) is 0.393. The average Bonchev–Trinajstić information content (AvgIpc) is 3.08. The van der Waals surface area contributed by atoms with Crippen LogP contribution in [0.3, 0.4) is 0 Å². The van der Waals surface area contributed by atoms with Crippen molar-refractivity contribution in [3.05, 3.63) is 42.2 Å². The molecule has 138 valence electrons. The molecule has 1 saturated heterocycles. The largest absolute Gasteiger partial charge is 0.468 e. The van der Waals surface area contributed by atoms with Crippen LogP contribution >= 0.6 is 11.8 Å². The summed E-state index contributed by atoms with van der Waals surface area (Å²) in [5, 5.41) is 3.88. The summed E-state index contributed by atoms with van der Waals surface area (Å²) in [5.74, 6) is -0.729. The van der Waals surface area contributed by atoms with Gasteiger partial charge in [0.1, 0.15) is 22.5 Å². The third-order valence-electron chi connectivity index (χ3n) is 3.97. The third-order valence-corrected chi connectivity index (χ3v) is 4.84. The molecule has 1 aliphatic heterocycles. The molecule has 1 N–H and O–H groups in total. The van der Waals surface area contributed by atoms with E-state index in [9.17, 15) is 13.6 Å². The Kier molecular flexibility index (Phi) is 5.87. The number of halogens is 2. The number of carbonyl (C=O) groups excluding carboxylic acids is 1. The Hall–Kier alpha value is -2.42. The summed E-state index contributed by atoms with van der Waals surface area (Å²) in [7, 11) is 1.34. The molecule has 1 atom stereocenters. The first-order valence-electron chi connectivity index (χ1n) is 8.03. The highest BCUT2D eigenvalue weighted by atomic mass is 32.2. The number of aromatic nitrogens is 2. The summed E-state index contributed by atoms with van der Waals surface area (Å²) in [4.78, 5) is 21.6. The van der Waals surface area contributed by atoms with Crippen molar-refractivity contribution in [2.45, 2.75) is 17.5 Å². The molecule has 0 amide bonds. The van der Waals surface area contributed by atoms with Crippen LogP contribution in [0.15, 0.2) is 35.6 Å². The normalized spacial score (nSPS) is 16.6. The van der Waals surface area contributed by atoms with Crippen molar-refractivity contribution >= 4 is 29.2 Å². The number of nitrogens with zero attached hydrogens (tertiary/aromatic N) is 3. The summed E-state index contributed by atoms with van der Waals surface area (Å²) in [6, 6.07) is 3.67. The van der Waals surface area contributed by atoms with Crippen LogP contribution in [0, 0.1) is 11.6 Å². The first-order chi connectivity index (χ1) is 12.5. The van der Waals surface area contributed by atoms with Gasteiger partial charge in [0.25, 0.3) is 0 Å². The Balaban J connectivity index is 1.59. The van der Waals surface area contributed by atoms with Gasteiger partial charge in [0, 0.05) is 25.2 Å². The molecule has 9 heteroatoms. The first-order valence-corrected chi connectivity index (χ1v) is 9.02. The monoisotopic (exact) mass is 380 g/mol. The van der Waals surface area contributed by atoms with Gasteiger partial charge in [-0.15, -0.1) is 0 Å². The quantitative estimate of drug-likeness (QED) is 0.610. The molecular weight excluding hydrogens is 362 g/mol. The van der Waals surface area contributed by atoms with E-state index in [0.717, 1.165) is 12.5 Å². The summed E-state index contributed by atoms with van der Waals surface area (Å²) in [6.45, 7) is 1.23. The van der Waals surface area contributed by atoms with E-state index in [0.29, 0.717) is 29.6 Å². The van der Waals surface area contributed by atoms with E-state index in [4.69, 9.17) is 0 Å². The van der Waals surface area contributed by atoms with E-state index in [1.807, 2.05) is 4.90 Å². The molecule has 1 aliphatic rings. The minimum Gasteiger partial charge on any atom is -0.468 e. The molecule has 0 saturated carbocycles. The van der Waals surface area contributed by atoms with Crippen LogP contribution in [0.4, 0.5) is 20.3 Å². The van der Waals surface area contributed by atoms with E-state index in [1.165, 1.54) is 31.0 Å². The average molecular weight is 380 g/mol. The molecule has 0 radical (unpaired) electrons. The molecule has 2 heterocycles. The summed E-state index contributed by atoms with van der Waals surface area (Å²) in [6.07, 6.45) is 3.97. The third kappa shape index (κ3) is 4.60. The van der Waals surface area contributed by atoms with Gasteiger partial charge in [0.2, 0.25) is 0 Å². The van der Waals surface area contributed by atoms with Gasteiger partial charge in [-0.1, -0.05) is 11.8 Å². The predicted molar refractivity (Wildman–Crippen MR) is 95.4 cm³/mol. The number of ether oxygens (including phenoxy) is 1. The number of esters is 1. The maximum Gasteiger partial charge on any atom is 0.316 e. The van der Waals surface area contributed by atoms with Crippen LogP contribution in [0.25, 0.3) is 0 Å². The van der Waals surface area contributed by atoms with Crippen LogP contribution in [0.2, 0.25) is 0 Å². The minimum atomic E-state index is -0.586. The fraction of sp³-hybridized carbons (Fsp3) is 0.353. The minimum absolute atomic E-state index is 0.0645. The highest BCUT2D eigenvalue weighted by Gasteiger charge is 2.25. The molecule has 1 aromatic carbocycles. The number of anilines is 2. The zero-order valence-corrected chi connectivity index (χ0v) is 14.9. The van der Waals surface area contributed by atoms with E-state index in [2.05, 4.69) is 20.0 Å². The van der Waals surface area contributed by atoms with E-state index >= 15 is 0 Å².